The van der Waals surface area contributed by atoms with Gasteiger partial charge in [0.05, 0.1) is 0 Å². The number of aliphatic hydroxyl groups excluding tert-OH is 1. The Morgan fingerprint density at radius 2 is 1.44 bits per heavy atom. The molecular formula is C26H35N3O3. The summed E-state index contributed by atoms with van der Waals surface area (Å²) in [6, 6.07) is 16.0. The lowest BCUT2D eigenvalue weighted by molar-refractivity contribution is 0.0713. The topological polar surface area (TPSA) is 72.9 Å². The summed E-state index contributed by atoms with van der Waals surface area (Å²) >= 11 is 0. The molecule has 2 aliphatic rings. The molecule has 172 valence electrons. The van der Waals surface area contributed by atoms with E-state index in [4.69, 9.17) is 5.11 Å². The van der Waals surface area contributed by atoms with Crippen LogP contribution < -0.4 is 5.32 Å². The predicted molar refractivity (Wildman–Crippen MR) is 127 cm³/mol. The Labute approximate surface area is 191 Å². The number of likely N-dealkylation sites (tertiary alicyclic amines) is 2. The van der Waals surface area contributed by atoms with Crippen molar-refractivity contribution in [3.8, 4) is 0 Å². The van der Waals surface area contributed by atoms with E-state index in [1.54, 1.807) is 6.07 Å². The van der Waals surface area contributed by atoms with E-state index in [1.807, 2.05) is 35.0 Å². The summed E-state index contributed by atoms with van der Waals surface area (Å²) < 4.78 is 0. The van der Waals surface area contributed by atoms with Crippen LogP contribution in [0.4, 0.5) is 0 Å². The van der Waals surface area contributed by atoms with Gasteiger partial charge >= 0.3 is 0 Å². The third kappa shape index (κ3) is 5.75. The highest BCUT2D eigenvalue weighted by molar-refractivity contribution is 5.99. The summed E-state index contributed by atoms with van der Waals surface area (Å²) in [4.78, 5) is 29.6. The minimum atomic E-state index is 0.0356. The fraction of sp³-hybridized carbons (Fsp3) is 0.462. The Bertz CT molecular complexity index is 901. The number of carbonyl (C=O) groups is 2. The fourth-order valence-corrected chi connectivity index (χ4v) is 4.65. The zero-order chi connectivity index (χ0) is 22.9. The molecule has 32 heavy (non-hydrogen) atoms. The number of aliphatic hydroxyl groups is 1. The summed E-state index contributed by atoms with van der Waals surface area (Å²) in [6.45, 7) is 4.02. The quantitative estimate of drug-likeness (QED) is 0.753. The van der Waals surface area contributed by atoms with Gasteiger partial charge in [0.25, 0.3) is 11.8 Å². The van der Waals surface area contributed by atoms with Crippen molar-refractivity contribution in [1.82, 2.24) is 15.1 Å². The number of hydrogen-bond donors (Lipinski definition) is 2. The van der Waals surface area contributed by atoms with Crippen LogP contribution in [0.25, 0.3) is 0 Å². The van der Waals surface area contributed by atoms with Crippen molar-refractivity contribution >= 4 is 11.8 Å². The average Bonchev–Trinajstić information content (AvgIpc) is 3.40. The highest BCUT2D eigenvalue weighted by Gasteiger charge is 2.26. The highest BCUT2D eigenvalue weighted by atomic mass is 16.2. The molecule has 0 bridgehead atoms. The maximum atomic E-state index is 13.1. The van der Waals surface area contributed by atoms with E-state index in [1.165, 1.54) is 11.1 Å². The van der Waals surface area contributed by atoms with E-state index in [9.17, 15) is 9.59 Å². The SMILES string of the molecule is CNCc1cccc(C2CCN(C(=O)c3cccc(C(=O)N4CCCC4)c3)CC2)c1.CO. The first-order chi connectivity index (χ1) is 15.7. The Morgan fingerprint density at radius 1 is 0.875 bits per heavy atom. The minimum Gasteiger partial charge on any atom is -0.400 e. The molecule has 0 unspecified atom stereocenters. The first-order valence-electron chi connectivity index (χ1n) is 11.5. The number of piperidine rings is 1. The molecule has 2 amide bonds. The van der Waals surface area contributed by atoms with Crippen molar-refractivity contribution in [2.75, 3.05) is 40.3 Å². The maximum absolute atomic E-state index is 13.1. The van der Waals surface area contributed by atoms with Gasteiger partial charge in [-0.05, 0) is 68.0 Å². The van der Waals surface area contributed by atoms with Crippen LogP contribution in [0.5, 0.6) is 0 Å². The lowest BCUT2D eigenvalue weighted by Gasteiger charge is -2.32. The molecule has 0 saturated carbocycles. The van der Waals surface area contributed by atoms with Gasteiger partial charge in [-0.1, -0.05) is 30.3 Å². The van der Waals surface area contributed by atoms with E-state index in [-0.39, 0.29) is 11.8 Å². The second-order valence-electron chi connectivity index (χ2n) is 8.42. The van der Waals surface area contributed by atoms with Crippen LogP contribution in [-0.4, -0.2) is 67.1 Å². The number of nitrogens with one attached hydrogen (secondary N) is 1. The maximum Gasteiger partial charge on any atom is 0.253 e. The van der Waals surface area contributed by atoms with Crippen LogP contribution in [-0.2, 0) is 6.54 Å². The molecule has 2 heterocycles. The summed E-state index contributed by atoms with van der Waals surface area (Å²) in [5, 5.41) is 10.2. The number of carbonyl (C=O) groups excluding carboxylic acids is 2. The molecule has 0 aliphatic carbocycles. The zero-order valence-electron chi connectivity index (χ0n) is 19.2. The van der Waals surface area contributed by atoms with E-state index in [0.29, 0.717) is 17.0 Å². The van der Waals surface area contributed by atoms with Gasteiger partial charge in [-0.25, -0.2) is 0 Å². The first kappa shape index (κ1) is 24.0. The van der Waals surface area contributed by atoms with Crippen molar-refractivity contribution in [2.24, 2.45) is 0 Å². The summed E-state index contributed by atoms with van der Waals surface area (Å²) in [7, 11) is 2.96. The van der Waals surface area contributed by atoms with E-state index in [2.05, 4.69) is 29.6 Å². The molecule has 4 rings (SSSR count). The third-order valence-electron chi connectivity index (χ3n) is 6.34. The van der Waals surface area contributed by atoms with Gasteiger partial charge in [0.1, 0.15) is 0 Å². The lowest BCUT2D eigenvalue weighted by Crippen LogP contribution is -2.38. The van der Waals surface area contributed by atoms with Crippen molar-refractivity contribution in [3.05, 3.63) is 70.8 Å². The largest absolute Gasteiger partial charge is 0.400 e. The van der Waals surface area contributed by atoms with Crippen LogP contribution in [0.1, 0.15) is 63.4 Å². The fourth-order valence-electron chi connectivity index (χ4n) is 4.65. The molecule has 0 atom stereocenters. The second kappa shape index (κ2) is 11.8. The molecular weight excluding hydrogens is 402 g/mol. The smallest absolute Gasteiger partial charge is 0.253 e. The third-order valence-corrected chi connectivity index (χ3v) is 6.34. The number of rotatable bonds is 5. The van der Waals surface area contributed by atoms with E-state index in [0.717, 1.165) is 65.5 Å². The monoisotopic (exact) mass is 437 g/mol. The molecule has 2 saturated heterocycles. The normalized spacial score (nSPS) is 16.5. The summed E-state index contributed by atoms with van der Waals surface area (Å²) in [5.41, 5.74) is 3.91. The average molecular weight is 438 g/mol. The van der Waals surface area contributed by atoms with Gasteiger partial charge < -0.3 is 20.2 Å². The van der Waals surface area contributed by atoms with Crippen LogP contribution >= 0.6 is 0 Å². The molecule has 2 aromatic carbocycles. The Hall–Kier alpha value is -2.70. The first-order valence-corrected chi connectivity index (χ1v) is 11.5. The van der Waals surface area contributed by atoms with Crippen LogP contribution in [0.3, 0.4) is 0 Å². The molecule has 6 heteroatoms. The van der Waals surface area contributed by atoms with Crippen molar-refractivity contribution in [1.29, 1.82) is 0 Å². The second-order valence-corrected chi connectivity index (χ2v) is 8.42. The molecule has 2 aromatic rings. The molecule has 6 nitrogen and oxygen atoms in total. The summed E-state index contributed by atoms with van der Waals surface area (Å²) in [6.07, 6.45) is 4.08. The molecule has 0 aromatic heterocycles. The summed E-state index contributed by atoms with van der Waals surface area (Å²) in [5.74, 6) is 0.574. The Morgan fingerprint density at radius 3 is 2.03 bits per heavy atom. The van der Waals surface area contributed by atoms with Crippen molar-refractivity contribution in [2.45, 2.75) is 38.1 Å². The predicted octanol–water partition coefficient (Wildman–Crippen LogP) is 3.27. The van der Waals surface area contributed by atoms with Gasteiger partial charge in [-0.15, -0.1) is 0 Å². The Kier molecular flexibility index (Phi) is 8.82. The zero-order valence-corrected chi connectivity index (χ0v) is 19.2. The molecule has 2 aliphatic heterocycles. The number of hydrogen-bond acceptors (Lipinski definition) is 4. The molecule has 0 spiro atoms. The van der Waals surface area contributed by atoms with Gasteiger partial charge in [-0.3, -0.25) is 9.59 Å². The Balaban J connectivity index is 0.00000141. The lowest BCUT2D eigenvalue weighted by atomic mass is 9.88. The van der Waals surface area contributed by atoms with Gasteiger partial charge in [0.15, 0.2) is 0 Å². The molecule has 0 radical (unpaired) electrons. The minimum absolute atomic E-state index is 0.0356. The number of amides is 2. The van der Waals surface area contributed by atoms with E-state index < -0.39 is 0 Å². The van der Waals surface area contributed by atoms with Gasteiger partial charge in [-0.2, -0.15) is 0 Å². The van der Waals surface area contributed by atoms with Gasteiger partial charge in [0, 0.05) is 51.0 Å². The number of benzene rings is 2. The van der Waals surface area contributed by atoms with Crippen molar-refractivity contribution < 1.29 is 14.7 Å². The van der Waals surface area contributed by atoms with Crippen LogP contribution in [0.15, 0.2) is 48.5 Å². The van der Waals surface area contributed by atoms with Gasteiger partial charge in [0.2, 0.25) is 0 Å². The van der Waals surface area contributed by atoms with Crippen LogP contribution in [0, 0.1) is 0 Å². The van der Waals surface area contributed by atoms with Crippen molar-refractivity contribution in [3.63, 3.8) is 0 Å². The van der Waals surface area contributed by atoms with Crippen LogP contribution in [0.2, 0.25) is 0 Å². The molecule has 2 fully saturated rings. The molecule has 2 N–H and O–H groups in total. The number of nitrogens with zero attached hydrogens (tertiary/aromatic N) is 2. The standard InChI is InChI=1S/C25H31N3O2.CH4O/c1-26-18-19-6-4-7-21(16-19)20-10-14-28(15-11-20)25(30)23-9-5-8-22(17-23)24(29)27-12-2-3-13-27;1-2/h4-9,16-17,20,26H,2-3,10-15,18H2,1H3;2H,1H3. The highest BCUT2D eigenvalue weighted by Crippen LogP contribution is 2.29. The van der Waals surface area contributed by atoms with E-state index >= 15 is 0 Å².